The third-order valence-electron chi connectivity index (χ3n) is 2.95. The fraction of sp³-hybridized carbons (Fsp3) is 0.250. The Balaban J connectivity index is 1.81. The van der Waals surface area contributed by atoms with Crippen molar-refractivity contribution in [2.24, 2.45) is 0 Å². The first kappa shape index (κ1) is 13.3. The Bertz CT molecular complexity index is 464. The molecule has 1 nitrogen and oxygen atoms in total. The average Bonchev–Trinajstić information content (AvgIpc) is 2.39. The maximum atomic E-state index is 3.55. The van der Waals surface area contributed by atoms with Crippen LogP contribution in [-0.2, 0) is 13.0 Å². The molecule has 0 aromatic heterocycles. The molecule has 2 aromatic carbocycles. The summed E-state index contributed by atoms with van der Waals surface area (Å²) in [4.78, 5) is 0. The zero-order valence-corrected chi connectivity index (χ0v) is 12.2. The Morgan fingerprint density at radius 2 is 1.61 bits per heavy atom. The van der Waals surface area contributed by atoms with Crippen molar-refractivity contribution in [1.82, 2.24) is 5.32 Å². The van der Waals surface area contributed by atoms with Gasteiger partial charge in [-0.15, -0.1) is 0 Å². The molecule has 94 valence electrons. The maximum Gasteiger partial charge on any atom is 0.0208 e. The summed E-state index contributed by atoms with van der Waals surface area (Å²) in [7, 11) is 0. The highest BCUT2D eigenvalue weighted by atomic mass is 79.9. The first-order chi connectivity index (χ1) is 8.74. The van der Waals surface area contributed by atoms with E-state index in [0.29, 0.717) is 6.04 Å². The molecule has 2 rings (SSSR count). The van der Waals surface area contributed by atoms with E-state index in [-0.39, 0.29) is 0 Å². The maximum absolute atomic E-state index is 3.55. The lowest BCUT2D eigenvalue weighted by Gasteiger charge is -2.14. The number of hydrogen-bond acceptors (Lipinski definition) is 1. The largest absolute Gasteiger partial charge is 0.310 e. The van der Waals surface area contributed by atoms with E-state index in [1.807, 2.05) is 0 Å². The van der Waals surface area contributed by atoms with Crippen LogP contribution in [0.15, 0.2) is 59.1 Å². The summed E-state index contributed by atoms with van der Waals surface area (Å²) in [5.74, 6) is 0. The summed E-state index contributed by atoms with van der Waals surface area (Å²) in [6, 6.07) is 19.5. The summed E-state index contributed by atoms with van der Waals surface area (Å²) in [6.07, 6.45) is 1.07. The molecule has 0 amide bonds. The molecule has 0 spiro atoms. The Morgan fingerprint density at radius 1 is 0.944 bits per heavy atom. The van der Waals surface area contributed by atoms with Gasteiger partial charge < -0.3 is 5.32 Å². The zero-order valence-electron chi connectivity index (χ0n) is 10.6. The fourth-order valence-electron chi connectivity index (χ4n) is 1.93. The van der Waals surface area contributed by atoms with Crippen LogP contribution in [-0.4, -0.2) is 6.04 Å². The molecule has 0 saturated heterocycles. The Kier molecular flexibility index (Phi) is 4.97. The highest BCUT2D eigenvalue weighted by Gasteiger charge is 2.02. The molecule has 0 bridgehead atoms. The van der Waals surface area contributed by atoms with Gasteiger partial charge in [0.15, 0.2) is 0 Å². The lowest BCUT2D eigenvalue weighted by atomic mass is 10.1. The monoisotopic (exact) mass is 303 g/mol. The van der Waals surface area contributed by atoms with Gasteiger partial charge in [-0.25, -0.2) is 0 Å². The van der Waals surface area contributed by atoms with Crippen LogP contribution in [0.1, 0.15) is 18.1 Å². The van der Waals surface area contributed by atoms with Crippen LogP contribution in [0.3, 0.4) is 0 Å². The van der Waals surface area contributed by atoms with Gasteiger partial charge in [0.2, 0.25) is 0 Å². The zero-order chi connectivity index (χ0) is 12.8. The van der Waals surface area contributed by atoms with Gasteiger partial charge in [0.25, 0.3) is 0 Å². The highest BCUT2D eigenvalue weighted by molar-refractivity contribution is 9.10. The molecule has 0 saturated carbocycles. The van der Waals surface area contributed by atoms with E-state index in [4.69, 9.17) is 0 Å². The van der Waals surface area contributed by atoms with Crippen LogP contribution in [0.5, 0.6) is 0 Å². The van der Waals surface area contributed by atoms with Crippen molar-refractivity contribution in [3.05, 3.63) is 70.2 Å². The molecule has 0 aliphatic heterocycles. The summed E-state index contributed by atoms with van der Waals surface area (Å²) in [5, 5.41) is 3.55. The molecule has 0 heterocycles. The van der Waals surface area contributed by atoms with Crippen molar-refractivity contribution in [2.75, 3.05) is 0 Å². The van der Waals surface area contributed by atoms with Gasteiger partial charge in [-0.1, -0.05) is 58.4 Å². The minimum absolute atomic E-state index is 0.482. The van der Waals surface area contributed by atoms with Gasteiger partial charge in [0.1, 0.15) is 0 Å². The Morgan fingerprint density at radius 3 is 2.28 bits per heavy atom. The van der Waals surface area contributed by atoms with Crippen molar-refractivity contribution in [1.29, 1.82) is 0 Å². The minimum atomic E-state index is 0.482. The average molecular weight is 304 g/mol. The second-order valence-electron chi connectivity index (χ2n) is 4.60. The van der Waals surface area contributed by atoms with Crippen LogP contribution in [0.25, 0.3) is 0 Å². The van der Waals surface area contributed by atoms with Crippen molar-refractivity contribution >= 4 is 15.9 Å². The number of halogens is 1. The van der Waals surface area contributed by atoms with Gasteiger partial charge >= 0.3 is 0 Å². The van der Waals surface area contributed by atoms with E-state index in [1.54, 1.807) is 0 Å². The topological polar surface area (TPSA) is 12.0 Å². The number of hydrogen-bond donors (Lipinski definition) is 1. The second kappa shape index (κ2) is 6.72. The molecular weight excluding hydrogens is 286 g/mol. The van der Waals surface area contributed by atoms with Crippen molar-refractivity contribution in [2.45, 2.75) is 25.9 Å². The Hall–Kier alpha value is -1.12. The van der Waals surface area contributed by atoms with E-state index in [2.05, 4.69) is 82.8 Å². The summed E-state index contributed by atoms with van der Waals surface area (Å²) >= 11 is 3.45. The molecule has 0 aliphatic carbocycles. The molecule has 0 radical (unpaired) electrons. The second-order valence-corrected chi connectivity index (χ2v) is 5.51. The molecule has 1 N–H and O–H groups in total. The normalized spacial score (nSPS) is 12.3. The first-order valence-electron chi connectivity index (χ1n) is 6.26. The predicted molar refractivity (Wildman–Crippen MR) is 80.6 cm³/mol. The van der Waals surface area contributed by atoms with Crippen LogP contribution in [0, 0.1) is 0 Å². The van der Waals surface area contributed by atoms with Gasteiger partial charge in [-0.2, -0.15) is 0 Å². The van der Waals surface area contributed by atoms with Crippen LogP contribution in [0.4, 0.5) is 0 Å². The summed E-state index contributed by atoms with van der Waals surface area (Å²) < 4.78 is 1.13. The van der Waals surface area contributed by atoms with E-state index >= 15 is 0 Å². The molecular formula is C16H18BrN. The van der Waals surface area contributed by atoms with E-state index in [1.165, 1.54) is 11.1 Å². The van der Waals surface area contributed by atoms with Gasteiger partial charge in [-0.05, 0) is 36.6 Å². The third kappa shape index (κ3) is 4.28. The predicted octanol–water partition coefficient (Wildman–Crippen LogP) is 4.17. The standard InChI is InChI=1S/C16H18BrN/c1-13(11-14-5-3-2-4-6-14)18-12-15-7-9-16(17)10-8-15/h2-10,13,18H,11-12H2,1H3. The molecule has 1 unspecified atom stereocenters. The number of benzene rings is 2. The molecule has 2 aromatic rings. The fourth-order valence-corrected chi connectivity index (χ4v) is 2.20. The van der Waals surface area contributed by atoms with E-state index in [0.717, 1.165) is 17.4 Å². The summed E-state index contributed by atoms with van der Waals surface area (Å²) in [5.41, 5.74) is 2.70. The lowest BCUT2D eigenvalue weighted by molar-refractivity contribution is 0.545. The highest BCUT2D eigenvalue weighted by Crippen LogP contribution is 2.10. The van der Waals surface area contributed by atoms with Crippen molar-refractivity contribution < 1.29 is 0 Å². The van der Waals surface area contributed by atoms with Crippen LogP contribution < -0.4 is 5.32 Å². The SMILES string of the molecule is CC(Cc1ccccc1)NCc1ccc(Br)cc1. The van der Waals surface area contributed by atoms with Gasteiger partial charge in [-0.3, -0.25) is 0 Å². The molecule has 0 aliphatic rings. The summed E-state index contributed by atoms with van der Waals surface area (Å²) in [6.45, 7) is 3.15. The van der Waals surface area contributed by atoms with E-state index < -0.39 is 0 Å². The first-order valence-corrected chi connectivity index (χ1v) is 7.05. The molecule has 2 heteroatoms. The number of nitrogens with one attached hydrogen (secondary N) is 1. The van der Waals surface area contributed by atoms with Crippen LogP contribution >= 0.6 is 15.9 Å². The Labute approximate surface area is 117 Å². The van der Waals surface area contributed by atoms with Gasteiger partial charge in [0.05, 0.1) is 0 Å². The van der Waals surface area contributed by atoms with Crippen molar-refractivity contribution in [3.8, 4) is 0 Å². The minimum Gasteiger partial charge on any atom is -0.310 e. The third-order valence-corrected chi connectivity index (χ3v) is 3.48. The lowest BCUT2D eigenvalue weighted by Crippen LogP contribution is -2.27. The quantitative estimate of drug-likeness (QED) is 0.874. The molecule has 0 fully saturated rings. The smallest absolute Gasteiger partial charge is 0.0208 e. The molecule has 18 heavy (non-hydrogen) atoms. The number of rotatable bonds is 5. The van der Waals surface area contributed by atoms with Gasteiger partial charge in [0, 0.05) is 17.1 Å². The van der Waals surface area contributed by atoms with Crippen molar-refractivity contribution in [3.63, 3.8) is 0 Å². The molecule has 1 atom stereocenters. The van der Waals surface area contributed by atoms with Crippen LogP contribution in [0.2, 0.25) is 0 Å². The van der Waals surface area contributed by atoms with E-state index in [9.17, 15) is 0 Å².